The van der Waals surface area contributed by atoms with Gasteiger partial charge in [0.25, 0.3) is 0 Å². The van der Waals surface area contributed by atoms with Gasteiger partial charge in [-0.05, 0) is 43.5 Å². The molecule has 0 spiro atoms. The summed E-state index contributed by atoms with van der Waals surface area (Å²) in [7, 11) is 0. The van der Waals surface area contributed by atoms with Gasteiger partial charge in [-0.15, -0.1) is 0 Å². The fraction of sp³-hybridized carbons (Fsp3) is 0.250. The lowest BCUT2D eigenvalue weighted by Crippen LogP contribution is -2.48. The van der Waals surface area contributed by atoms with E-state index in [1.165, 1.54) is 12.1 Å². The maximum atomic E-state index is 13.4. The second-order valence-electron chi connectivity index (χ2n) is 6.55. The number of carbonyl (C=O) groups excluding carboxylic acids is 1. The number of aryl methyl sites for hydroxylation is 1. The minimum atomic E-state index is -0.465. The molecule has 1 fully saturated rings. The van der Waals surface area contributed by atoms with E-state index in [0.717, 1.165) is 23.2 Å². The van der Waals surface area contributed by atoms with Gasteiger partial charge in [0.1, 0.15) is 11.9 Å². The monoisotopic (exact) mass is 366 g/mol. The first-order chi connectivity index (χ1) is 13.1. The van der Waals surface area contributed by atoms with Crippen LogP contribution in [-0.4, -0.2) is 28.6 Å². The molecule has 138 valence electrons. The highest BCUT2D eigenvalue weighted by molar-refractivity contribution is 5.99. The van der Waals surface area contributed by atoms with Crippen molar-refractivity contribution in [3.63, 3.8) is 0 Å². The minimum Gasteiger partial charge on any atom is -0.326 e. The zero-order chi connectivity index (χ0) is 18.8. The van der Waals surface area contributed by atoms with Crippen molar-refractivity contribution in [1.29, 1.82) is 0 Å². The topological polar surface area (TPSA) is 71.3 Å². The summed E-state index contributed by atoms with van der Waals surface area (Å²) in [5.41, 5.74) is 2.30. The molecular formula is C20H19FN4O2. The zero-order valence-electron chi connectivity index (χ0n) is 14.9. The van der Waals surface area contributed by atoms with E-state index in [9.17, 15) is 9.18 Å². The summed E-state index contributed by atoms with van der Waals surface area (Å²) >= 11 is 0. The molecule has 1 N–H and O–H groups in total. The molecule has 2 heterocycles. The summed E-state index contributed by atoms with van der Waals surface area (Å²) in [5.74, 6) is 0.0673. The summed E-state index contributed by atoms with van der Waals surface area (Å²) in [6.07, 6.45) is 1.48. The minimum absolute atomic E-state index is 0.0876. The van der Waals surface area contributed by atoms with Gasteiger partial charge >= 0.3 is 6.01 Å². The molecule has 1 saturated heterocycles. The first kappa shape index (κ1) is 17.2. The first-order valence-corrected chi connectivity index (χ1v) is 8.85. The summed E-state index contributed by atoms with van der Waals surface area (Å²) in [6.45, 7) is 2.40. The molecule has 0 bridgehead atoms. The Kier molecular flexibility index (Phi) is 4.58. The Morgan fingerprint density at radius 3 is 2.81 bits per heavy atom. The van der Waals surface area contributed by atoms with Crippen LogP contribution in [0, 0.1) is 12.7 Å². The van der Waals surface area contributed by atoms with Gasteiger partial charge in [0.05, 0.1) is 0 Å². The van der Waals surface area contributed by atoms with Gasteiger partial charge in [-0.25, -0.2) is 4.39 Å². The molecule has 1 unspecified atom stereocenters. The van der Waals surface area contributed by atoms with E-state index < -0.39 is 6.04 Å². The third-order valence-corrected chi connectivity index (χ3v) is 4.64. The van der Waals surface area contributed by atoms with Crippen molar-refractivity contribution in [1.82, 2.24) is 10.1 Å². The molecule has 0 aliphatic carbocycles. The molecule has 6 nitrogen and oxygen atoms in total. The lowest BCUT2D eigenvalue weighted by Gasteiger charge is -2.33. The number of nitrogens with zero attached hydrogens (tertiary/aromatic N) is 3. The first-order valence-electron chi connectivity index (χ1n) is 8.85. The Balaban J connectivity index is 1.51. The number of aromatic nitrogens is 2. The van der Waals surface area contributed by atoms with Crippen LogP contribution in [0.4, 0.5) is 16.1 Å². The van der Waals surface area contributed by atoms with Crippen LogP contribution in [0.3, 0.4) is 0 Å². The van der Waals surface area contributed by atoms with Gasteiger partial charge in [-0.2, -0.15) is 4.98 Å². The van der Waals surface area contributed by atoms with E-state index in [2.05, 4.69) is 15.5 Å². The van der Waals surface area contributed by atoms with Crippen LogP contribution in [-0.2, 0) is 4.79 Å². The van der Waals surface area contributed by atoms with Gasteiger partial charge in [-0.3, -0.25) is 4.79 Å². The normalized spacial score (nSPS) is 17.2. The Labute approximate surface area is 156 Å². The number of anilines is 2. The number of hydrogen-bond acceptors (Lipinski definition) is 5. The van der Waals surface area contributed by atoms with Crippen molar-refractivity contribution in [2.24, 2.45) is 0 Å². The van der Waals surface area contributed by atoms with E-state index in [1.54, 1.807) is 17.9 Å². The molecule has 0 radical (unpaired) electrons. The van der Waals surface area contributed by atoms with Crippen LogP contribution < -0.4 is 10.2 Å². The number of carbonyl (C=O) groups is 1. The summed E-state index contributed by atoms with van der Waals surface area (Å²) in [5, 5.41) is 7.01. The molecule has 1 aliphatic rings. The highest BCUT2D eigenvalue weighted by atomic mass is 19.1. The van der Waals surface area contributed by atoms with Gasteiger partial charge in [0.15, 0.2) is 0 Å². The van der Waals surface area contributed by atoms with Gasteiger partial charge in [0.2, 0.25) is 11.7 Å². The van der Waals surface area contributed by atoms with Crippen LogP contribution in [0.1, 0.15) is 18.4 Å². The smallest absolute Gasteiger partial charge is 0.322 e. The van der Waals surface area contributed by atoms with Crippen LogP contribution in [0.15, 0.2) is 53.1 Å². The molecule has 2 aromatic carbocycles. The van der Waals surface area contributed by atoms with E-state index >= 15 is 0 Å². The number of hydrogen-bond donors (Lipinski definition) is 1. The highest BCUT2D eigenvalue weighted by Crippen LogP contribution is 2.27. The van der Waals surface area contributed by atoms with Crippen molar-refractivity contribution in [3.05, 3.63) is 59.9 Å². The number of halogens is 1. The number of rotatable bonds is 4. The lowest BCUT2D eigenvalue weighted by molar-refractivity contribution is -0.120. The summed E-state index contributed by atoms with van der Waals surface area (Å²) < 4.78 is 18.6. The molecular weight excluding hydrogens is 347 g/mol. The molecule has 27 heavy (non-hydrogen) atoms. The quantitative estimate of drug-likeness (QED) is 0.761. The average Bonchev–Trinajstić information content (AvgIpc) is 3.13. The standard InChI is InChI=1S/C20H19FN4O2/c1-13-12-15(21)9-10-17(13)25-11-5-8-16(19(25)26)22-20-23-18(24-27-20)14-6-3-2-4-7-14/h2-4,6-7,9-10,12,16H,5,8,11H2,1H3,(H,22,23,24). The van der Waals surface area contributed by atoms with E-state index in [0.29, 0.717) is 18.8 Å². The molecule has 7 heteroatoms. The third-order valence-electron chi connectivity index (χ3n) is 4.64. The molecule has 1 aliphatic heterocycles. The Morgan fingerprint density at radius 1 is 1.22 bits per heavy atom. The van der Waals surface area contributed by atoms with Crippen molar-refractivity contribution in [3.8, 4) is 11.4 Å². The number of nitrogens with one attached hydrogen (secondary N) is 1. The SMILES string of the molecule is Cc1cc(F)ccc1N1CCCC(Nc2nc(-c3ccccc3)no2)C1=O. The Hall–Kier alpha value is -3.22. The Bertz CT molecular complexity index is 958. The molecule has 3 aromatic rings. The predicted molar refractivity (Wildman–Crippen MR) is 99.9 cm³/mol. The molecule has 1 atom stereocenters. The van der Waals surface area contributed by atoms with E-state index in [1.807, 2.05) is 30.3 Å². The van der Waals surface area contributed by atoms with Gasteiger partial charge in [0, 0.05) is 17.8 Å². The van der Waals surface area contributed by atoms with E-state index in [-0.39, 0.29) is 17.7 Å². The van der Waals surface area contributed by atoms with Crippen LogP contribution in [0.5, 0.6) is 0 Å². The van der Waals surface area contributed by atoms with E-state index in [4.69, 9.17) is 4.52 Å². The van der Waals surface area contributed by atoms with Gasteiger partial charge in [-0.1, -0.05) is 35.5 Å². The largest absolute Gasteiger partial charge is 0.326 e. The lowest BCUT2D eigenvalue weighted by atomic mass is 10.0. The van der Waals surface area contributed by atoms with Crippen molar-refractivity contribution >= 4 is 17.6 Å². The fourth-order valence-electron chi connectivity index (χ4n) is 3.31. The van der Waals surface area contributed by atoms with Crippen molar-refractivity contribution in [2.45, 2.75) is 25.8 Å². The summed E-state index contributed by atoms with van der Waals surface area (Å²) in [4.78, 5) is 18.9. The molecule has 1 aromatic heterocycles. The molecule has 0 saturated carbocycles. The maximum absolute atomic E-state index is 13.4. The third kappa shape index (κ3) is 3.53. The van der Waals surface area contributed by atoms with Crippen molar-refractivity contribution < 1.29 is 13.7 Å². The maximum Gasteiger partial charge on any atom is 0.322 e. The fourth-order valence-corrected chi connectivity index (χ4v) is 3.31. The highest BCUT2D eigenvalue weighted by Gasteiger charge is 2.31. The average molecular weight is 366 g/mol. The number of benzene rings is 2. The van der Waals surface area contributed by atoms with Crippen molar-refractivity contribution in [2.75, 3.05) is 16.8 Å². The summed E-state index contributed by atoms with van der Waals surface area (Å²) in [6, 6.07) is 13.7. The van der Waals surface area contributed by atoms with Gasteiger partial charge < -0.3 is 14.7 Å². The predicted octanol–water partition coefficient (Wildman–Crippen LogP) is 3.79. The second kappa shape index (κ2) is 7.19. The zero-order valence-corrected chi connectivity index (χ0v) is 14.9. The number of amides is 1. The Morgan fingerprint density at radius 2 is 2.04 bits per heavy atom. The van der Waals surface area contributed by atoms with Crippen LogP contribution in [0.25, 0.3) is 11.4 Å². The van der Waals surface area contributed by atoms with Crippen LogP contribution >= 0.6 is 0 Å². The second-order valence-corrected chi connectivity index (χ2v) is 6.55. The number of piperidine rings is 1. The van der Waals surface area contributed by atoms with Crippen LogP contribution in [0.2, 0.25) is 0 Å². The molecule has 1 amide bonds. The molecule has 4 rings (SSSR count).